The summed E-state index contributed by atoms with van der Waals surface area (Å²) in [6.07, 6.45) is 0.148. The lowest BCUT2D eigenvalue weighted by Crippen LogP contribution is -2.46. The van der Waals surface area contributed by atoms with E-state index in [0.29, 0.717) is 30.8 Å². The van der Waals surface area contributed by atoms with Crippen LogP contribution >= 0.6 is 0 Å². The van der Waals surface area contributed by atoms with Gasteiger partial charge in [-0.2, -0.15) is 0 Å². The van der Waals surface area contributed by atoms with Gasteiger partial charge in [-0.3, -0.25) is 9.59 Å². The Morgan fingerprint density at radius 2 is 1.68 bits per heavy atom. The monoisotopic (exact) mass is 454 g/mol. The third-order valence-corrected chi connectivity index (χ3v) is 6.00. The molecule has 0 bridgehead atoms. The summed E-state index contributed by atoms with van der Waals surface area (Å²) >= 11 is 0. The summed E-state index contributed by atoms with van der Waals surface area (Å²) in [5.74, 6) is 0.0132. The zero-order chi connectivity index (χ0) is 23.5. The first-order chi connectivity index (χ1) is 16.5. The lowest BCUT2D eigenvalue weighted by atomic mass is 10.1. The summed E-state index contributed by atoms with van der Waals surface area (Å²) in [4.78, 5) is 27.4. The maximum atomic E-state index is 13.0. The highest BCUT2D eigenvalue weighted by Crippen LogP contribution is 2.26. The van der Waals surface area contributed by atoms with Crippen LogP contribution in [0.3, 0.4) is 0 Å². The number of hydrogen-bond acceptors (Lipinski definition) is 4. The summed E-state index contributed by atoms with van der Waals surface area (Å²) in [5.41, 5.74) is 3.29. The van der Waals surface area contributed by atoms with E-state index >= 15 is 0 Å². The van der Waals surface area contributed by atoms with Crippen LogP contribution in [0.4, 0.5) is 5.69 Å². The van der Waals surface area contributed by atoms with Crippen molar-refractivity contribution in [1.29, 1.82) is 0 Å². The number of hydrogen-bond donors (Lipinski definition) is 1. The molecule has 2 heterocycles. The number of morpholine rings is 1. The third-order valence-electron chi connectivity index (χ3n) is 6.00. The molecule has 3 aromatic carbocycles. The molecule has 1 saturated heterocycles. The second-order valence-electron chi connectivity index (χ2n) is 8.62. The van der Waals surface area contributed by atoms with Gasteiger partial charge in [0.2, 0.25) is 5.91 Å². The van der Waals surface area contributed by atoms with Gasteiger partial charge in [0.15, 0.2) is 5.76 Å². The molecule has 1 aliphatic heterocycles. The van der Waals surface area contributed by atoms with E-state index < -0.39 is 0 Å². The number of ether oxygens (including phenoxy) is 1. The second-order valence-corrected chi connectivity index (χ2v) is 8.62. The van der Waals surface area contributed by atoms with Gasteiger partial charge in [0.1, 0.15) is 11.7 Å². The quantitative estimate of drug-likeness (QED) is 0.449. The van der Waals surface area contributed by atoms with Crippen molar-refractivity contribution >= 4 is 28.5 Å². The van der Waals surface area contributed by atoms with Crippen LogP contribution in [0.5, 0.6) is 0 Å². The van der Waals surface area contributed by atoms with Gasteiger partial charge >= 0.3 is 0 Å². The molecule has 0 saturated carbocycles. The molecule has 1 N–H and O–H groups in total. The van der Waals surface area contributed by atoms with Crippen LogP contribution in [-0.2, 0) is 16.0 Å². The Morgan fingerprint density at radius 1 is 0.941 bits per heavy atom. The average Bonchev–Trinajstić information content (AvgIpc) is 3.30. The molecular formula is C28H26N2O4. The van der Waals surface area contributed by atoms with E-state index in [1.54, 1.807) is 18.2 Å². The van der Waals surface area contributed by atoms with Gasteiger partial charge in [0, 0.05) is 17.6 Å². The Balaban J connectivity index is 1.20. The first-order valence-corrected chi connectivity index (χ1v) is 11.4. The molecule has 2 amide bonds. The third kappa shape index (κ3) is 4.87. The molecule has 0 radical (unpaired) electrons. The molecule has 1 aliphatic rings. The predicted octanol–water partition coefficient (Wildman–Crippen LogP) is 5.22. The minimum atomic E-state index is -0.311. The highest BCUT2D eigenvalue weighted by Gasteiger charge is 2.29. The minimum absolute atomic E-state index is 0.0289. The number of fused-ring (bicyclic) bond motifs is 1. The molecule has 0 aliphatic carbocycles. The molecule has 2 atom stereocenters. The summed E-state index contributed by atoms with van der Waals surface area (Å²) in [7, 11) is 0. The number of nitrogens with one attached hydrogen (secondary N) is 1. The number of furan rings is 1. The van der Waals surface area contributed by atoms with E-state index in [1.807, 2.05) is 78.6 Å². The number of carbonyl (C=O) groups is 2. The summed E-state index contributed by atoms with van der Waals surface area (Å²) in [6.45, 7) is 3.11. The Labute approximate surface area is 198 Å². The number of benzene rings is 3. The number of para-hydroxylation sites is 1. The number of anilines is 1. The maximum Gasteiger partial charge on any atom is 0.291 e. The van der Waals surface area contributed by atoms with Gasteiger partial charge in [0.25, 0.3) is 5.91 Å². The molecule has 1 aromatic heterocycles. The minimum Gasteiger partial charge on any atom is -0.451 e. The molecule has 4 aromatic rings. The Kier molecular flexibility index (Phi) is 6.14. The van der Waals surface area contributed by atoms with E-state index in [-0.39, 0.29) is 29.8 Å². The van der Waals surface area contributed by atoms with Gasteiger partial charge in [-0.25, -0.2) is 0 Å². The molecule has 5 rings (SSSR count). The van der Waals surface area contributed by atoms with E-state index in [9.17, 15) is 9.59 Å². The fourth-order valence-corrected chi connectivity index (χ4v) is 4.29. The molecule has 6 heteroatoms. The maximum absolute atomic E-state index is 13.0. The number of nitrogens with zero attached hydrogens (tertiary/aromatic N) is 1. The zero-order valence-electron chi connectivity index (χ0n) is 18.9. The number of amides is 2. The first kappa shape index (κ1) is 21.9. The Morgan fingerprint density at radius 3 is 2.44 bits per heavy atom. The van der Waals surface area contributed by atoms with E-state index in [2.05, 4.69) is 5.32 Å². The van der Waals surface area contributed by atoms with Crippen molar-refractivity contribution in [2.75, 3.05) is 18.4 Å². The van der Waals surface area contributed by atoms with Crippen molar-refractivity contribution < 1.29 is 18.7 Å². The molecule has 0 spiro atoms. The average molecular weight is 455 g/mol. The Bertz CT molecular complexity index is 1260. The molecule has 1 fully saturated rings. The van der Waals surface area contributed by atoms with Crippen molar-refractivity contribution in [3.05, 3.63) is 102 Å². The van der Waals surface area contributed by atoms with E-state index in [0.717, 1.165) is 16.5 Å². The van der Waals surface area contributed by atoms with Crippen LogP contribution in [0.15, 0.2) is 89.3 Å². The first-order valence-electron chi connectivity index (χ1n) is 11.4. The molecule has 2 unspecified atom stereocenters. The Hall–Kier alpha value is -3.90. The van der Waals surface area contributed by atoms with Crippen LogP contribution in [-0.4, -0.2) is 35.9 Å². The van der Waals surface area contributed by atoms with Gasteiger partial charge in [-0.15, -0.1) is 0 Å². The second kappa shape index (κ2) is 9.53. The lowest BCUT2D eigenvalue weighted by Gasteiger charge is -2.37. The molecule has 34 heavy (non-hydrogen) atoms. The molecule has 172 valence electrons. The number of carbonyl (C=O) groups excluding carboxylic acids is 2. The largest absolute Gasteiger partial charge is 0.451 e. The van der Waals surface area contributed by atoms with Crippen LogP contribution in [0.2, 0.25) is 0 Å². The van der Waals surface area contributed by atoms with Gasteiger partial charge < -0.3 is 19.4 Å². The SMILES string of the molecule is CC1CN(C(=O)Cc2ccc(NC(=O)c3cc4ccccc4o3)cc2)CC(c2ccccc2)O1. The van der Waals surface area contributed by atoms with Crippen molar-refractivity contribution in [2.24, 2.45) is 0 Å². The van der Waals surface area contributed by atoms with E-state index in [4.69, 9.17) is 9.15 Å². The smallest absolute Gasteiger partial charge is 0.291 e. The normalized spacial score (nSPS) is 18.1. The molecule has 6 nitrogen and oxygen atoms in total. The van der Waals surface area contributed by atoms with Crippen molar-refractivity contribution in [2.45, 2.75) is 25.6 Å². The molecular weight excluding hydrogens is 428 g/mol. The standard InChI is InChI=1S/C28H26N2O4/c1-19-17-30(18-26(33-19)21-7-3-2-4-8-21)27(31)15-20-11-13-23(14-12-20)29-28(32)25-16-22-9-5-6-10-24(22)34-25/h2-14,16,19,26H,15,17-18H2,1H3,(H,29,32). The topological polar surface area (TPSA) is 71.8 Å². The van der Waals surface area contributed by atoms with Crippen molar-refractivity contribution in [3.63, 3.8) is 0 Å². The highest BCUT2D eigenvalue weighted by molar-refractivity contribution is 6.04. The van der Waals surface area contributed by atoms with Crippen molar-refractivity contribution in [3.8, 4) is 0 Å². The van der Waals surface area contributed by atoms with Crippen LogP contribution in [0.1, 0.15) is 34.7 Å². The van der Waals surface area contributed by atoms with Gasteiger partial charge in [-0.05, 0) is 42.3 Å². The van der Waals surface area contributed by atoms with E-state index in [1.165, 1.54) is 0 Å². The predicted molar refractivity (Wildman–Crippen MR) is 131 cm³/mol. The van der Waals surface area contributed by atoms with Crippen LogP contribution in [0.25, 0.3) is 11.0 Å². The summed E-state index contributed by atoms with van der Waals surface area (Å²) < 4.78 is 11.7. The van der Waals surface area contributed by atoms with Crippen molar-refractivity contribution in [1.82, 2.24) is 4.90 Å². The summed E-state index contributed by atoms with van der Waals surface area (Å²) in [5, 5.41) is 3.73. The fraction of sp³-hybridized carbons (Fsp3) is 0.214. The van der Waals surface area contributed by atoms with Gasteiger partial charge in [0.05, 0.1) is 19.1 Å². The van der Waals surface area contributed by atoms with Gasteiger partial charge in [-0.1, -0.05) is 60.7 Å². The zero-order valence-corrected chi connectivity index (χ0v) is 18.9. The highest BCUT2D eigenvalue weighted by atomic mass is 16.5. The number of rotatable bonds is 5. The lowest BCUT2D eigenvalue weighted by molar-refractivity contribution is -0.144. The summed E-state index contributed by atoms with van der Waals surface area (Å²) in [6, 6.07) is 26.6. The van der Waals surface area contributed by atoms with Crippen LogP contribution in [0, 0.1) is 0 Å². The fourth-order valence-electron chi connectivity index (χ4n) is 4.29. The van der Waals surface area contributed by atoms with Crippen LogP contribution < -0.4 is 5.32 Å².